The average molecular weight is 362 g/mol. The molecule has 2 rings (SSSR count). The molecule has 3 amide bonds. The molecule has 1 aromatic carbocycles. The van der Waals surface area contributed by atoms with Crippen molar-refractivity contribution in [2.45, 2.75) is 51.5 Å². The van der Waals surface area contributed by atoms with Crippen molar-refractivity contribution in [3.8, 4) is 5.75 Å². The van der Waals surface area contributed by atoms with Crippen LogP contribution in [0.1, 0.15) is 55.8 Å². The van der Waals surface area contributed by atoms with E-state index in [4.69, 9.17) is 9.47 Å². The second kappa shape index (κ2) is 10.4. The number of hydrogen-bond donors (Lipinski definition) is 2. The third kappa shape index (κ3) is 6.74. The first kappa shape index (κ1) is 19.8. The normalized spacial score (nSPS) is 13.9. The highest BCUT2D eigenvalue weighted by Gasteiger charge is 2.18. The molecule has 1 aliphatic rings. The lowest BCUT2D eigenvalue weighted by molar-refractivity contribution is -0.123. The summed E-state index contributed by atoms with van der Waals surface area (Å²) in [6.45, 7) is 2.20. The van der Waals surface area contributed by atoms with Crippen molar-refractivity contribution < 1.29 is 23.9 Å². The van der Waals surface area contributed by atoms with Crippen molar-refractivity contribution in [2.75, 3.05) is 13.2 Å². The molecule has 0 unspecified atom stereocenters. The summed E-state index contributed by atoms with van der Waals surface area (Å²) >= 11 is 0. The molecule has 26 heavy (non-hydrogen) atoms. The van der Waals surface area contributed by atoms with Crippen molar-refractivity contribution in [2.24, 2.45) is 0 Å². The predicted molar refractivity (Wildman–Crippen MR) is 96.1 cm³/mol. The summed E-state index contributed by atoms with van der Waals surface area (Å²) in [6, 6.07) is 6.08. The minimum Gasteiger partial charge on any atom is -0.494 e. The number of urea groups is 1. The van der Waals surface area contributed by atoms with Gasteiger partial charge in [-0.3, -0.25) is 10.1 Å². The van der Waals surface area contributed by atoms with Crippen LogP contribution in [0.2, 0.25) is 0 Å². The molecule has 1 fully saturated rings. The Labute approximate surface area is 153 Å². The SMILES string of the molecule is CCCCOc1ccc(C(=O)OCC(=O)NC(=O)NC2CCCC2)cc1. The quantitative estimate of drug-likeness (QED) is 0.548. The molecule has 7 nitrogen and oxygen atoms in total. The van der Waals surface area contributed by atoms with Crippen molar-refractivity contribution in [3.63, 3.8) is 0 Å². The van der Waals surface area contributed by atoms with E-state index in [0.29, 0.717) is 17.9 Å². The largest absolute Gasteiger partial charge is 0.494 e. The van der Waals surface area contributed by atoms with Gasteiger partial charge in [0.25, 0.3) is 5.91 Å². The lowest BCUT2D eigenvalue weighted by atomic mass is 10.2. The van der Waals surface area contributed by atoms with Gasteiger partial charge in [-0.2, -0.15) is 0 Å². The number of rotatable bonds is 8. The van der Waals surface area contributed by atoms with Crippen molar-refractivity contribution in [3.05, 3.63) is 29.8 Å². The van der Waals surface area contributed by atoms with Gasteiger partial charge in [0.1, 0.15) is 5.75 Å². The average Bonchev–Trinajstić information content (AvgIpc) is 3.13. The highest BCUT2D eigenvalue weighted by atomic mass is 16.5. The number of imide groups is 1. The van der Waals surface area contributed by atoms with Gasteiger partial charge in [-0.25, -0.2) is 9.59 Å². The molecule has 1 saturated carbocycles. The number of carbonyl (C=O) groups excluding carboxylic acids is 3. The number of nitrogens with one attached hydrogen (secondary N) is 2. The number of hydrogen-bond acceptors (Lipinski definition) is 5. The fourth-order valence-electron chi connectivity index (χ4n) is 2.69. The Kier molecular flexibility index (Phi) is 7.92. The molecule has 0 saturated heterocycles. The number of esters is 1. The Morgan fingerprint density at radius 1 is 1.12 bits per heavy atom. The molecule has 1 aromatic rings. The molecule has 7 heteroatoms. The van der Waals surface area contributed by atoms with Crippen LogP contribution in [0.5, 0.6) is 5.75 Å². The van der Waals surface area contributed by atoms with E-state index in [9.17, 15) is 14.4 Å². The van der Waals surface area contributed by atoms with Gasteiger partial charge in [0.15, 0.2) is 6.61 Å². The van der Waals surface area contributed by atoms with Gasteiger partial charge >= 0.3 is 12.0 Å². The molecule has 142 valence electrons. The molecule has 2 N–H and O–H groups in total. The Balaban J connectivity index is 1.69. The van der Waals surface area contributed by atoms with Crippen LogP contribution in [0.4, 0.5) is 4.79 Å². The Morgan fingerprint density at radius 2 is 1.81 bits per heavy atom. The van der Waals surface area contributed by atoms with Crippen LogP contribution in [0.3, 0.4) is 0 Å². The first-order chi connectivity index (χ1) is 12.6. The molecule has 0 atom stereocenters. The molecule has 0 aliphatic heterocycles. The zero-order valence-electron chi connectivity index (χ0n) is 15.1. The third-order valence-electron chi connectivity index (χ3n) is 4.13. The van der Waals surface area contributed by atoms with Crippen molar-refractivity contribution in [1.29, 1.82) is 0 Å². The topological polar surface area (TPSA) is 93.7 Å². The summed E-state index contributed by atoms with van der Waals surface area (Å²) in [5, 5.41) is 4.90. The van der Waals surface area contributed by atoms with E-state index in [1.807, 2.05) is 0 Å². The van der Waals surface area contributed by atoms with Gasteiger partial charge in [-0.1, -0.05) is 26.2 Å². The Morgan fingerprint density at radius 3 is 2.46 bits per heavy atom. The van der Waals surface area contributed by atoms with E-state index in [2.05, 4.69) is 17.6 Å². The monoisotopic (exact) mass is 362 g/mol. The minimum absolute atomic E-state index is 0.114. The fourth-order valence-corrected chi connectivity index (χ4v) is 2.69. The number of unbranched alkanes of at least 4 members (excludes halogenated alkanes) is 1. The molecule has 0 spiro atoms. The lowest BCUT2D eigenvalue weighted by Gasteiger charge is -2.12. The highest BCUT2D eigenvalue weighted by Crippen LogP contribution is 2.17. The van der Waals surface area contributed by atoms with Crippen molar-refractivity contribution in [1.82, 2.24) is 10.6 Å². The number of ether oxygens (including phenoxy) is 2. The number of carbonyl (C=O) groups is 3. The maximum absolute atomic E-state index is 11.9. The standard InChI is InChI=1S/C19H26N2O5/c1-2-3-12-25-16-10-8-14(9-11-16)18(23)26-13-17(22)21-19(24)20-15-6-4-5-7-15/h8-11,15H,2-7,12-13H2,1H3,(H2,20,21,22,24). The van der Waals surface area contributed by atoms with E-state index in [1.165, 1.54) is 0 Å². The Bertz CT molecular complexity index is 609. The molecule has 0 heterocycles. The summed E-state index contributed by atoms with van der Waals surface area (Å²) in [5.74, 6) is -0.610. The summed E-state index contributed by atoms with van der Waals surface area (Å²) in [7, 11) is 0. The summed E-state index contributed by atoms with van der Waals surface area (Å²) in [6.07, 6.45) is 6.03. The summed E-state index contributed by atoms with van der Waals surface area (Å²) < 4.78 is 10.4. The van der Waals surface area contributed by atoms with Gasteiger partial charge in [0, 0.05) is 6.04 Å². The Hall–Kier alpha value is -2.57. The van der Waals surface area contributed by atoms with Crippen LogP contribution >= 0.6 is 0 Å². The minimum atomic E-state index is -0.659. The number of benzene rings is 1. The van der Waals surface area contributed by atoms with E-state index in [0.717, 1.165) is 38.5 Å². The molecular formula is C19H26N2O5. The van der Waals surface area contributed by atoms with Gasteiger partial charge < -0.3 is 14.8 Å². The van der Waals surface area contributed by atoms with Crippen LogP contribution in [0, 0.1) is 0 Å². The van der Waals surface area contributed by atoms with Gasteiger partial charge in [-0.05, 0) is 43.5 Å². The maximum Gasteiger partial charge on any atom is 0.338 e. The van der Waals surface area contributed by atoms with E-state index >= 15 is 0 Å². The van der Waals surface area contributed by atoms with Crippen LogP contribution in [0.15, 0.2) is 24.3 Å². The molecule has 0 bridgehead atoms. The molecule has 0 aromatic heterocycles. The maximum atomic E-state index is 11.9. The van der Waals surface area contributed by atoms with Gasteiger partial charge in [0.2, 0.25) is 0 Å². The zero-order valence-corrected chi connectivity index (χ0v) is 15.1. The smallest absolute Gasteiger partial charge is 0.338 e. The van der Waals surface area contributed by atoms with E-state index < -0.39 is 24.5 Å². The third-order valence-corrected chi connectivity index (χ3v) is 4.13. The highest BCUT2D eigenvalue weighted by molar-refractivity contribution is 5.97. The summed E-state index contributed by atoms with van der Waals surface area (Å²) in [4.78, 5) is 35.3. The second-order valence-corrected chi connectivity index (χ2v) is 6.31. The summed E-state index contributed by atoms with van der Waals surface area (Å²) in [5.41, 5.74) is 0.316. The zero-order chi connectivity index (χ0) is 18.8. The van der Waals surface area contributed by atoms with Crippen LogP contribution in [-0.4, -0.2) is 37.2 Å². The first-order valence-corrected chi connectivity index (χ1v) is 9.09. The van der Waals surface area contributed by atoms with Crippen molar-refractivity contribution >= 4 is 17.9 Å². The van der Waals surface area contributed by atoms with Crippen LogP contribution in [0.25, 0.3) is 0 Å². The van der Waals surface area contributed by atoms with E-state index in [-0.39, 0.29) is 6.04 Å². The van der Waals surface area contributed by atoms with E-state index in [1.54, 1.807) is 24.3 Å². The molecular weight excluding hydrogens is 336 g/mol. The fraction of sp³-hybridized carbons (Fsp3) is 0.526. The van der Waals surface area contributed by atoms with Crippen LogP contribution in [-0.2, 0) is 9.53 Å². The second-order valence-electron chi connectivity index (χ2n) is 6.31. The first-order valence-electron chi connectivity index (χ1n) is 9.09. The predicted octanol–water partition coefficient (Wildman–Crippen LogP) is 2.79. The van der Waals surface area contributed by atoms with Gasteiger partial charge in [-0.15, -0.1) is 0 Å². The van der Waals surface area contributed by atoms with Crippen LogP contribution < -0.4 is 15.4 Å². The van der Waals surface area contributed by atoms with Gasteiger partial charge in [0.05, 0.1) is 12.2 Å². The molecule has 0 radical (unpaired) electrons. The number of amides is 3. The molecule has 1 aliphatic carbocycles. The lowest BCUT2D eigenvalue weighted by Crippen LogP contribution is -2.44.